The van der Waals surface area contributed by atoms with E-state index in [1.54, 1.807) is 11.3 Å². The number of hydrogen-bond donors (Lipinski definition) is 2. The highest BCUT2D eigenvalue weighted by molar-refractivity contribution is 7.16. The number of amides is 1. The first-order valence-electron chi connectivity index (χ1n) is 8.16. The van der Waals surface area contributed by atoms with Crippen molar-refractivity contribution in [3.63, 3.8) is 0 Å². The Bertz CT molecular complexity index is 785. The molecule has 1 amide bonds. The third kappa shape index (κ3) is 3.50. The van der Waals surface area contributed by atoms with Gasteiger partial charge in [-0.1, -0.05) is 0 Å². The number of carbonyl (C=O) groups excluding carboxylic acids is 1. The van der Waals surface area contributed by atoms with Crippen LogP contribution in [0.3, 0.4) is 0 Å². The van der Waals surface area contributed by atoms with E-state index in [0.717, 1.165) is 30.4 Å². The normalized spacial score (nSPS) is 14.2. The van der Waals surface area contributed by atoms with E-state index in [1.807, 2.05) is 30.9 Å². The van der Waals surface area contributed by atoms with Crippen LogP contribution >= 0.6 is 11.3 Å². The smallest absolute Gasteiger partial charge is 0.241 e. The van der Waals surface area contributed by atoms with Crippen LogP contribution in [0.2, 0.25) is 0 Å². The van der Waals surface area contributed by atoms with Crippen molar-refractivity contribution in [2.24, 2.45) is 0 Å². The summed E-state index contributed by atoms with van der Waals surface area (Å²) in [4.78, 5) is 13.6. The molecule has 0 fully saturated rings. The minimum absolute atomic E-state index is 0.108. The van der Waals surface area contributed by atoms with Crippen molar-refractivity contribution in [1.29, 1.82) is 5.26 Å². The summed E-state index contributed by atoms with van der Waals surface area (Å²) in [6, 6.07) is 1.92. The van der Waals surface area contributed by atoms with Gasteiger partial charge in [0.15, 0.2) is 0 Å². The van der Waals surface area contributed by atoms with Crippen molar-refractivity contribution in [1.82, 2.24) is 15.1 Å². The number of nitriles is 1. The molecular weight excluding hydrogens is 322 g/mol. The van der Waals surface area contributed by atoms with Crippen molar-refractivity contribution >= 4 is 22.2 Å². The highest BCUT2D eigenvalue weighted by Gasteiger charge is 2.24. The maximum atomic E-state index is 12.4. The van der Waals surface area contributed by atoms with Gasteiger partial charge in [0.2, 0.25) is 5.91 Å². The molecule has 7 heteroatoms. The molecule has 0 bridgehead atoms. The molecule has 0 saturated heterocycles. The van der Waals surface area contributed by atoms with Gasteiger partial charge in [-0.05, 0) is 44.2 Å². The van der Waals surface area contributed by atoms with Gasteiger partial charge in [0.1, 0.15) is 11.1 Å². The molecule has 2 heterocycles. The molecule has 2 N–H and O–H groups in total. The molecule has 0 aliphatic heterocycles. The summed E-state index contributed by atoms with van der Waals surface area (Å²) in [7, 11) is 0. The summed E-state index contributed by atoms with van der Waals surface area (Å²) in [6.45, 7) is 5.19. The molecule has 24 heavy (non-hydrogen) atoms. The van der Waals surface area contributed by atoms with Crippen LogP contribution in [0.4, 0.5) is 5.00 Å². The average molecular weight is 343 g/mol. The Kier molecular flexibility index (Phi) is 4.97. The number of hydrogen-bond acceptors (Lipinski definition) is 5. The zero-order valence-corrected chi connectivity index (χ0v) is 14.7. The maximum Gasteiger partial charge on any atom is 0.241 e. The minimum Gasteiger partial charge on any atom is -0.315 e. The van der Waals surface area contributed by atoms with Crippen molar-refractivity contribution in [3.05, 3.63) is 34.0 Å². The number of rotatable bonds is 6. The Morgan fingerprint density at radius 1 is 1.54 bits per heavy atom. The summed E-state index contributed by atoms with van der Waals surface area (Å²) in [5.41, 5.74) is 2.91. The Balaban J connectivity index is 1.54. The van der Waals surface area contributed by atoms with E-state index in [2.05, 4.69) is 21.8 Å². The van der Waals surface area contributed by atoms with Gasteiger partial charge in [0.05, 0.1) is 24.3 Å². The number of nitrogens with one attached hydrogen (secondary N) is 2. The molecule has 0 unspecified atom stereocenters. The third-order valence-electron chi connectivity index (χ3n) is 4.22. The van der Waals surface area contributed by atoms with Gasteiger partial charge in [-0.25, -0.2) is 0 Å². The fraction of sp³-hybridized carbons (Fsp3) is 0.471. The molecule has 0 saturated carbocycles. The lowest BCUT2D eigenvalue weighted by molar-refractivity contribution is -0.117. The highest BCUT2D eigenvalue weighted by atomic mass is 32.1. The van der Waals surface area contributed by atoms with Crippen LogP contribution in [0.1, 0.15) is 34.9 Å². The van der Waals surface area contributed by atoms with Crippen molar-refractivity contribution in [2.45, 2.75) is 45.7 Å². The van der Waals surface area contributed by atoms with E-state index in [9.17, 15) is 10.1 Å². The maximum absolute atomic E-state index is 12.4. The molecule has 6 nitrogen and oxygen atoms in total. The van der Waals surface area contributed by atoms with Crippen LogP contribution in [0.25, 0.3) is 0 Å². The fourth-order valence-electron chi connectivity index (χ4n) is 2.91. The predicted molar refractivity (Wildman–Crippen MR) is 94.1 cm³/mol. The fourth-order valence-corrected chi connectivity index (χ4v) is 4.15. The number of aryl methyl sites for hydroxylation is 2. The lowest BCUT2D eigenvalue weighted by Crippen LogP contribution is -2.39. The molecule has 2 aromatic rings. The van der Waals surface area contributed by atoms with E-state index in [4.69, 9.17) is 0 Å². The van der Waals surface area contributed by atoms with Crippen LogP contribution in [0, 0.1) is 18.3 Å². The summed E-state index contributed by atoms with van der Waals surface area (Å²) in [6.07, 6.45) is 6.85. The first-order valence-corrected chi connectivity index (χ1v) is 8.98. The molecule has 1 atom stereocenters. The molecule has 3 rings (SSSR count). The van der Waals surface area contributed by atoms with Gasteiger partial charge < -0.3 is 10.6 Å². The largest absolute Gasteiger partial charge is 0.315 e. The van der Waals surface area contributed by atoms with Gasteiger partial charge in [-0.2, -0.15) is 10.4 Å². The third-order valence-corrected chi connectivity index (χ3v) is 5.42. The van der Waals surface area contributed by atoms with Gasteiger partial charge >= 0.3 is 0 Å². The lowest BCUT2D eigenvalue weighted by Gasteiger charge is -2.13. The van der Waals surface area contributed by atoms with Gasteiger partial charge in [0.25, 0.3) is 0 Å². The van der Waals surface area contributed by atoms with Crippen LogP contribution in [-0.4, -0.2) is 28.3 Å². The van der Waals surface area contributed by atoms with E-state index >= 15 is 0 Å². The molecule has 126 valence electrons. The van der Waals surface area contributed by atoms with Crippen molar-refractivity contribution in [3.8, 4) is 6.07 Å². The second kappa shape index (κ2) is 7.16. The quantitative estimate of drug-likeness (QED) is 0.842. The summed E-state index contributed by atoms with van der Waals surface area (Å²) < 4.78 is 1.85. The van der Waals surface area contributed by atoms with Gasteiger partial charge in [-0.15, -0.1) is 11.3 Å². The minimum atomic E-state index is -0.329. The molecule has 0 radical (unpaired) electrons. The van der Waals surface area contributed by atoms with E-state index in [0.29, 0.717) is 23.7 Å². The lowest BCUT2D eigenvalue weighted by atomic mass is 10.1. The second-order valence-electron chi connectivity index (χ2n) is 6.12. The zero-order chi connectivity index (χ0) is 17.1. The van der Waals surface area contributed by atoms with Crippen LogP contribution in [0.15, 0.2) is 12.4 Å². The Labute approximate surface area is 145 Å². The van der Waals surface area contributed by atoms with Crippen molar-refractivity contribution < 1.29 is 4.79 Å². The van der Waals surface area contributed by atoms with Crippen LogP contribution in [-0.2, 0) is 24.2 Å². The number of carbonyl (C=O) groups is 1. The monoisotopic (exact) mass is 343 g/mol. The molecular formula is C17H21N5OS. The van der Waals surface area contributed by atoms with Crippen LogP contribution in [0.5, 0.6) is 0 Å². The van der Waals surface area contributed by atoms with Crippen LogP contribution < -0.4 is 10.6 Å². The van der Waals surface area contributed by atoms with E-state index in [-0.39, 0.29) is 11.9 Å². The summed E-state index contributed by atoms with van der Waals surface area (Å²) in [5, 5.41) is 20.4. The summed E-state index contributed by atoms with van der Waals surface area (Å²) >= 11 is 1.55. The van der Waals surface area contributed by atoms with E-state index < -0.39 is 0 Å². The van der Waals surface area contributed by atoms with Gasteiger partial charge in [0, 0.05) is 17.6 Å². The van der Waals surface area contributed by atoms with Crippen molar-refractivity contribution in [2.75, 3.05) is 11.9 Å². The Morgan fingerprint density at radius 3 is 3.08 bits per heavy atom. The molecule has 1 aliphatic rings. The Morgan fingerprint density at radius 2 is 2.38 bits per heavy atom. The first kappa shape index (κ1) is 16.7. The highest BCUT2D eigenvalue weighted by Crippen LogP contribution is 2.38. The standard InChI is InChI=1S/C17H21N5OS/c1-11-9-20-22(10-11)7-6-19-12(2)16(23)21-17-14(8-18)13-4-3-5-15(13)24-17/h9-10,12,19H,3-7H2,1-2H3,(H,21,23)/t12-/m0/s1. The number of nitrogens with zero attached hydrogens (tertiary/aromatic N) is 3. The number of aromatic nitrogens is 2. The molecule has 0 aromatic carbocycles. The second-order valence-corrected chi connectivity index (χ2v) is 7.22. The topological polar surface area (TPSA) is 82.7 Å². The SMILES string of the molecule is Cc1cnn(CCN[C@@H](C)C(=O)Nc2sc3c(c2C#N)CCC3)c1. The zero-order valence-electron chi connectivity index (χ0n) is 13.9. The predicted octanol–water partition coefficient (Wildman–Crippen LogP) is 2.23. The molecule has 1 aliphatic carbocycles. The van der Waals surface area contributed by atoms with E-state index in [1.165, 1.54) is 4.88 Å². The molecule has 0 spiro atoms. The Hall–Kier alpha value is -2.17. The number of anilines is 1. The number of fused-ring (bicyclic) bond motifs is 1. The first-order chi connectivity index (χ1) is 11.6. The summed E-state index contributed by atoms with van der Waals surface area (Å²) in [5.74, 6) is -0.108. The average Bonchev–Trinajstić information content (AvgIpc) is 3.23. The molecule has 2 aromatic heterocycles. The number of thiophene rings is 1. The van der Waals surface area contributed by atoms with Gasteiger partial charge in [-0.3, -0.25) is 9.48 Å².